The molecule has 0 radical (unpaired) electrons. The third-order valence-corrected chi connectivity index (χ3v) is 2.99. The molecule has 0 saturated heterocycles. The van der Waals surface area contributed by atoms with Crippen LogP contribution in [-0.2, 0) is 0 Å². The van der Waals surface area contributed by atoms with Crippen molar-refractivity contribution >= 4 is 27.9 Å². The molecule has 92 valence electrons. The van der Waals surface area contributed by atoms with E-state index < -0.39 is 4.92 Å². The van der Waals surface area contributed by atoms with Crippen LogP contribution in [0.25, 0.3) is 22.2 Å². The van der Waals surface area contributed by atoms with Crippen molar-refractivity contribution in [2.75, 3.05) is 0 Å². The predicted octanol–water partition coefficient (Wildman–Crippen LogP) is 0.487. The fourth-order valence-corrected chi connectivity index (χ4v) is 2.23. The summed E-state index contributed by atoms with van der Waals surface area (Å²) in [7, 11) is 0. The van der Waals surface area contributed by atoms with Crippen LogP contribution in [0.1, 0.15) is 0 Å². The molecule has 0 saturated carbocycles. The first-order valence-electron chi connectivity index (χ1n) is 5.50. The lowest BCUT2D eigenvalue weighted by Gasteiger charge is -1.94. The van der Waals surface area contributed by atoms with E-state index in [9.17, 15) is 10.1 Å². The van der Waals surface area contributed by atoms with Gasteiger partial charge in [0, 0.05) is 12.3 Å². The molecule has 3 aromatic heterocycles. The van der Waals surface area contributed by atoms with Crippen molar-refractivity contribution in [2.45, 2.75) is 0 Å². The van der Waals surface area contributed by atoms with Gasteiger partial charge in [0.25, 0.3) is 5.69 Å². The van der Waals surface area contributed by atoms with Crippen LogP contribution >= 0.6 is 0 Å². The van der Waals surface area contributed by atoms with E-state index >= 15 is 0 Å². The van der Waals surface area contributed by atoms with E-state index in [0.29, 0.717) is 22.2 Å². The highest BCUT2D eigenvalue weighted by atomic mass is 16.6. The topological polar surface area (TPSA) is 91.5 Å². The number of benzene rings is 1. The largest absolute Gasteiger partial charge is 0.361 e. The van der Waals surface area contributed by atoms with Gasteiger partial charge in [-0.3, -0.25) is 10.1 Å². The van der Waals surface area contributed by atoms with E-state index in [-0.39, 0.29) is 5.69 Å². The Morgan fingerprint density at radius 1 is 1.32 bits per heavy atom. The van der Waals surface area contributed by atoms with Crippen LogP contribution in [0.3, 0.4) is 0 Å². The first kappa shape index (κ1) is 9.95. The van der Waals surface area contributed by atoms with Crippen LogP contribution in [0.5, 0.6) is 0 Å². The SMILES string of the molecule is O=[N+]([O-])c1cccc2c1c[n+]1[n-]c3nccnc3n21. The lowest BCUT2D eigenvalue weighted by molar-refractivity contribution is -0.672. The minimum absolute atomic E-state index is 0.0486. The van der Waals surface area contributed by atoms with Crippen LogP contribution < -0.4 is 9.73 Å². The Labute approximate surface area is 105 Å². The summed E-state index contributed by atoms with van der Waals surface area (Å²) in [6.07, 6.45) is 4.73. The number of rotatable bonds is 1. The van der Waals surface area contributed by atoms with Gasteiger partial charge in [0.15, 0.2) is 5.65 Å². The molecule has 0 amide bonds. The molecule has 0 aliphatic carbocycles. The van der Waals surface area contributed by atoms with E-state index in [4.69, 9.17) is 0 Å². The number of aromatic nitrogens is 5. The lowest BCUT2D eigenvalue weighted by atomic mass is 10.2. The zero-order valence-electron chi connectivity index (χ0n) is 9.46. The van der Waals surface area contributed by atoms with Gasteiger partial charge in [-0.05, 0) is 12.3 Å². The van der Waals surface area contributed by atoms with Crippen molar-refractivity contribution in [3.8, 4) is 0 Å². The summed E-state index contributed by atoms with van der Waals surface area (Å²) in [6.45, 7) is 0. The fourth-order valence-electron chi connectivity index (χ4n) is 2.23. The first-order valence-corrected chi connectivity index (χ1v) is 5.50. The van der Waals surface area contributed by atoms with Gasteiger partial charge in [-0.1, -0.05) is 10.7 Å². The molecule has 19 heavy (non-hydrogen) atoms. The van der Waals surface area contributed by atoms with E-state index in [1.807, 2.05) is 0 Å². The molecular formula is C11H6N6O2. The summed E-state index contributed by atoms with van der Waals surface area (Å²) < 4.78 is 3.22. The van der Waals surface area contributed by atoms with E-state index in [0.717, 1.165) is 0 Å². The van der Waals surface area contributed by atoms with Gasteiger partial charge in [-0.25, -0.2) is 4.98 Å². The molecule has 0 spiro atoms. The van der Waals surface area contributed by atoms with Crippen molar-refractivity contribution < 1.29 is 9.55 Å². The van der Waals surface area contributed by atoms with Crippen molar-refractivity contribution in [1.29, 1.82) is 0 Å². The summed E-state index contributed by atoms with van der Waals surface area (Å²) in [5, 5.41) is 15.8. The number of nitro groups is 1. The van der Waals surface area contributed by atoms with E-state index in [2.05, 4.69) is 15.1 Å². The Bertz CT molecular complexity index is 954. The second kappa shape index (κ2) is 3.25. The second-order valence-electron chi connectivity index (χ2n) is 4.03. The number of non-ortho nitro benzene ring substituents is 1. The maximum atomic E-state index is 11.0. The highest BCUT2D eigenvalue weighted by Crippen LogP contribution is 2.24. The fraction of sp³-hybridized carbons (Fsp3) is 0. The normalized spacial score (nSPS) is 11.6. The molecule has 4 rings (SSSR count). The van der Waals surface area contributed by atoms with Gasteiger partial charge in [-0.15, -0.1) is 5.10 Å². The minimum atomic E-state index is -0.407. The van der Waals surface area contributed by atoms with Crippen LogP contribution in [0, 0.1) is 10.1 Å². The standard InChI is InChI=1S/C11H6N6O2/c18-17(19)9-3-1-2-8-7(9)6-15-14-10-11(16(8)15)13-5-4-12-10/h1-6H. The molecule has 8 heteroatoms. The number of hydrogen-bond acceptors (Lipinski definition) is 4. The molecule has 8 nitrogen and oxygen atoms in total. The summed E-state index contributed by atoms with van der Waals surface area (Å²) >= 11 is 0. The Morgan fingerprint density at radius 3 is 3.00 bits per heavy atom. The average molecular weight is 254 g/mol. The predicted molar refractivity (Wildman–Crippen MR) is 63.6 cm³/mol. The van der Waals surface area contributed by atoms with Crippen LogP contribution in [-0.4, -0.2) is 19.4 Å². The molecule has 0 N–H and O–H groups in total. The third-order valence-electron chi connectivity index (χ3n) is 2.99. The smallest absolute Gasteiger partial charge is 0.283 e. The molecule has 0 fully saturated rings. The summed E-state index contributed by atoms with van der Waals surface area (Å²) in [5.41, 5.74) is 1.79. The third kappa shape index (κ3) is 1.19. The maximum absolute atomic E-state index is 11.0. The van der Waals surface area contributed by atoms with Gasteiger partial charge in [-0.2, -0.15) is 4.52 Å². The molecule has 1 aromatic carbocycles. The minimum Gasteiger partial charge on any atom is -0.361 e. The Balaban J connectivity index is 2.27. The highest BCUT2D eigenvalue weighted by Gasteiger charge is 2.19. The lowest BCUT2D eigenvalue weighted by Crippen LogP contribution is -2.28. The van der Waals surface area contributed by atoms with Gasteiger partial charge in [0.2, 0.25) is 6.20 Å². The highest BCUT2D eigenvalue weighted by molar-refractivity contribution is 5.88. The van der Waals surface area contributed by atoms with Crippen LogP contribution in [0.15, 0.2) is 36.8 Å². The van der Waals surface area contributed by atoms with Gasteiger partial charge < -0.3 is 4.98 Å². The number of hydrogen-bond donors (Lipinski definition) is 0. The quantitative estimate of drug-likeness (QED) is 0.280. The molecule has 0 atom stereocenters. The monoisotopic (exact) mass is 254 g/mol. The average Bonchev–Trinajstić information content (AvgIpc) is 2.92. The number of nitro benzene ring substituents is 1. The van der Waals surface area contributed by atoms with Crippen molar-refractivity contribution in [3.63, 3.8) is 0 Å². The van der Waals surface area contributed by atoms with Crippen molar-refractivity contribution in [3.05, 3.63) is 46.9 Å². The zero-order chi connectivity index (χ0) is 13.0. The summed E-state index contributed by atoms with van der Waals surface area (Å²) in [6, 6.07) is 4.90. The molecule has 0 aliphatic heterocycles. The van der Waals surface area contributed by atoms with Crippen LogP contribution in [0.2, 0.25) is 0 Å². The van der Waals surface area contributed by atoms with Crippen molar-refractivity contribution in [2.24, 2.45) is 0 Å². The molecule has 3 heterocycles. The molecule has 0 unspecified atom stereocenters. The van der Waals surface area contributed by atoms with E-state index in [1.54, 1.807) is 35.2 Å². The number of fused-ring (bicyclic) bond motifs is 5. The van der Waals surface area contributed by atoms with Crippen molar-refractivity contribution in [1.82, 2.24) is 19.6 Å². The van der Waals surface area contributed by atoms with Crippen LogP contribution in [0.4, 0.5) is 5.69 Å². The Morgan fingerprint density at radius 2 is 2.16 bits per heavy atom. The molecular weight excluding hydrogens is 248 g/mol. The van der Waals surface area contributed by atoms with Gasteiger partial charge in [0.1, 0.15) is 11.0 Å². The summed E-state index contributed by atoms with van der Waals surface area (Å²) in [5.74, 6) is 0. The summed E-state index contributed by atoms with van der Waals surface area (Å²) in [4.78, 5) is 18.9. The van der Waals surface area contributed by atoms with Gasteiger partial charge >= 0.3 is 0 Å². The molecule has 0 aliphatic rings. The van der Waals surface area contributed by atoms with Gasteiger partial charge in [0.05, 0.1) is 10.4 Å². The molecule has 4 aromatic rings. The zero-order valence-corrected chi connectivity index (χ0v) is 9.46. The molecule has 0 bridgehead atoms. The Kier molecular flexibility index (Phi) is 1.70. The Hall–Kier alpha value is -3.03. The van der Waals surface area contributed by atoms with E-state index in [1.165, 1.54) is 10.7 Å². The second-order valence-corrected chi connectivity index (χ2v) is 4.03. The first-order chi connectivity index (χ1) is 9.25. The number of nitrogens with zero attached hydrogens (tertiary/aromatic N) is 6. The maximum Gasteiger partial charge on any atom is 0.283 e.